The van der Waals surface area contributed by atoms with Crippen LogP contribution in [0.5, 0.6) is 0 Å². The standard InChI is InChI=1S/C7H12N2OS/c1-2-10-7(8,9)6-3-4-11-5-6/h3-5H,2,8-9H2,1H3. The van der Waals surface area contributed by atoms with Crippen LogP contribution in [0.2, 0.25) is 0 Å². The lowest BCUT2D eigenvalue weighted by Crippen LogP contribution is -2.48. The lowest BCUT2D eigenvalue weighted by Gasteiger charge is -2.22. The third-order valence-corrected chi connectivity index (χ3v) is 2.04. The van der Waals surface area contributed by atoms with E-state index in [0.717, 1.165) is 5.56 Å². The van der Waals surface area contributed by atoms with Crippen molar-refractivity contribution in [2.45, 2.75) is 12.8 Å². The monoisotopic (exact) mass is 172 g/mol. The van der Waals surface area contributed by atoms with E-state index in [1.54, 1.807) is 11.3 Å². The lowest BCUT2D eigenvalue weighted by atomic mass is 10.2. The maximum absolute atomic E-state index is 5.66. The second kappa shape index (κ2) is 3.32. The van der Waals surface area contributed by atoms with Gasteiger partial charge >= 0.3 is 0 Å². The van der Waals surface area contributed by atoms with Gasteiger partial charge in [-0.25, -0.2) is 0 Å². The van der Waals surface area contributed by atoms with Gasteiger partial charge < -0.3 is 4.74 Å². The summed E-state index contributed by atoms with van der Waals surface area (Å²) >= 11 is 1.55. The van der Waals surface area contributed by atoms with Gasteiger partial charge in [-0.2, -0.15) is 11.3 Å². The Kier molecular flexibility index (Phi) is 2.62. The minimum absolute atomic E-state index is 0.517. The van der Waals surface area contributed by atoms with Gasteiger partial charge in [0.1, 0.15) is 0 Å². The Hall–Kier alpha value is -0.420. The van der Waals surface area contributed by atoms with Gasteiger partial charge in [-0.15, -0.1) is 0 Å². The Balaban J connectivity index is 2.73. The first-order valence-corrected chi connectivity index (χ1v) is 4.35. The van der Waals surface area contributed by atoms with Crippen LogP contribution in [0.3, 0.4) is 0 Å². The van der Waals surface area contributed by atoms with Crippen molar-refractivity contribution in [3.05, 3.63) is 22.4 Å². The fraction of sp³-hybridized carbons (Fsp3) is 0.429. The fourth-order valence-electron chi connectivity index (χ4n) is 0.809. The van der Waals surface area contributed by atoms with E-state index in [9.17, 15) is 0 Å². The molecule has 0 saturated carbocycles. The molecule has 0 bridgehead atoms. The summed E-state index contributed by atoms with van der Waals surface area (Å²) in [5, 5.41) is 3.80. The number of hydrogen-bond acceptors (Lipinski definition) is 4. The first-order valence-electron chi connectivity index (χ1n) is 3.41. The molecule has 0 amide bonds. The Labute approximate surface area is 70.0 Å². The SMILES string of the molecule is CCOC(N)(N)c1ccsc1. The molecule has 0 unspecified atom stereocenters. The molecule has 0 aromatic carbocycles. The van der Waals surface area contributed by atoms with E-state index in [0.29, 0.717) is 6.61 Å². The molecule has 62 valence electrons. The maximum Gasteiger partial charge on any atom is 0.197 e. The minimum Gasteiger partial charge on any atom is -0.344 e. The third-order valence-electron chi connectivity index (χ3n) is 1.36. The molecule has 1 rings (SSSR count). The molecule has 1 heterocycles. The summed E-state index contributed by atoms with van der Waals surface area (Å²) < 4.78 is 5.14. The number of nitrogens with two attached hydrogens (primary N) is 2. The van der Waals surface area contributed by atoms with Crippen molar-refractivity contribution in [1.82, 2.24) is 0 Å². The van der Waals surface area contributed by atoms with E-state index in [1.807, 2.05) is 23.8 Å². The van der Waals surface area contributed by atoms with Crippen LogP contribution in [-0.2, 0) is 10.6 Å². The number of ether oxygens (including phenoxy) is 1. The second-order valence-electron chi connectivity index (χ2n) is 2.24. The molecular formula is C7H12N2OS. The van der Waals surface area contributed by atoms with Crippen LogP contribution < -0.4 is 11.5 Å². The molecule has 0 spiro atoms. The molecular weight excluding hydrogens is 160 g/mol. The molecule has 11 heavy (non-hydrogen) atoms. The van der Waals surface area contributed by atoms with Crippen LogP contribution in [0.25, 0.3) is 0 Å². The van der Waals surface area contributed by atoms with Crippen LogP contribution in [0.4, 0.5) is 0 Å². The predicted octanol–water partition coefficient (Wildman–Crippen LogP) is 0.812. The predicted molar refractivity (Wildman–Crippen MR) is 46.0 cm³/mol. The highest BCUT2D eigenvalue weighted by Crippen LogP contribution is 2.16. The summed E-state index contributed by atoms with van der Waals surface area (Å²) in [6.45, 7) is 2.38. The van der Waals surface area contributed by atoms with Crippen molar-refractivity contribution in [1.29, 1.82) is 0 Å². The largest absolute Gasteiger partial charge is 0.344 e. The molecule has 1 aromatic heterocycles. The summed E-state index contributed by atoms with van der Waals surface area (Å²) in [5.41, 5.74) is 12.1. The number of thiophene rings is 1. The van der Waals surface area contributed by atoms with E-state index in [4.69, 9.17) is 16.2 Å². The van der Waals surface area contributed by atoms with Gasteiger partial charge in [0, 0.05) is 12.2 Å². The van der Waals surface area contributed by atoms with Gasteiger partial charge in [-0.1, -0.05) is 0 Å². The summed E-state index contributed by atoms with van der Waals surface area (Å²) in [5.74, 6) is -1.12. The molecule has 3 nitrogen and oxygen atoms in total. The van der Waals surface area contributed by atoms with Crippen LogP contribution in [0.1, 0.15) is 12.5 Å². The van der Waals surface area contributed by atoms with Crippen molar-refractivity contribution in [3.8, 4) is 0 Å². The highest BCUT2D eigenvalue weighted by atomic mass is 32.1. The minimum atomic E-state index is -1.12. The van der Waals surface area contributed by atoms with Crippen molar-refractivity contribution >= 4 is 11.3 Å². The number of rotatable bonds is 3. The van der Waals surface area contributed by atoms with Gasteiger partial charge in [0.15, 0.2) is 5.85 Å². The van der Waals surface area contributed by atoms with Gasteiger partial charge in [0.2, 0.25) is 0 Å². The quantitative estimate of drug-likeness (QED) is 0.663. The molecule has 0 saturated heterocycles. The Morgan fingerprint density at radius 1 is 1.64 bits per heavy atom. The van der Waals surface area contributed by atoms with Gasteiger partial charge in [0.05, 0.1) is 0 Å². The van der Waals surface area contributed by atoms with E-state index >= 15 is 0 Å². The lowest BCUT2D eigenvalue weighted by molar-refractivity contribution is -0.0345. The Morgan fingerprint density at radius 3 is 2.82 bits per heavy atom. The molecule has 0 aliphatic heterocycles. The maximum atomic E-state index is 5.66. The zero-order valence-corrected chi connectivity index (χ0v) is 7.23. The molecule has 1 aromatic rings. The third kappa shape index (κ3) is 2.00. The highest BCUT2D eigenvalue weighted by Gasteiger charge is 2.21. The average Bonchev–Trinajstić information content (AvgIpc) is 2.37. The smallest absolute Gasteiger partial charge is 0.197 e. The van der Waals surface area contributed by atoms with E-state index in [1.165, 1.54) is 0 Å². The van der Waals surface area contributed by atoms with Crippen LogP contribution in [0, 0.1) is 0 Å². The molecule has 4 N–H and O–H groups in total. The van der Waals surface area contributed by atoms with E-state index in [-0.39, 0.29) is 0 Å². The Bertz CT molecular complexity index is 208. The van der Waals surface area contributed by atoms with Crippen LogP contribution >= 0.6 is 11.3 Å². The second-order valence-corrected chi connectivity index (χ2v) is 3.02. The zero-order valence-electron chi connectivity index (χ0n) is 6.41. The summed E-state index contributed by atoms with van der Waals surface area (Å²) in [4.78, 5) is 0. The van der Waals surface area contributed by atoms with E-state index in [2.05, 4.69) is 0 Å². The summed E-state index contributed by atoms with van der Waals surface area (Å²) in [6.07, 6.45) is 0. The normalized spacial score (nSPS) is 11.9. The van der Waals surface area contributed by atoms with Gasteiger partial charge in [-0.3, -0.25) is 11.5 Å². The van der Waals surface area contributed by atoms with Gasteiger partial charge in [0.25, 0.3) is 0 Å². The zero-order chi connectivity index (χ0) is 8.32. The van der Waals surface area contributed by atoms with Crippen LogP contribution in [-0.4, -0.2) is 6.61 Å². The Morgan fingerprint density at radius 2 is 2.36 bits per heavy atom. The first kappa shape index (κ1) is 8.67. The molecule has 0 aliphatic rings. The van der Waals surface area contributed by atoms with Crippen molar-refractivity contribution < 1.29 is 4.74 Å². The summed E-state index contributed by atoms with van der Waals surface area (Å²) in [6, 6.07) is 1.86. The molecule has 0 atom stereocenters. The van der Waals surface area contributed by atoms with Gasteiger partial charge in [-0.05, 0) is 23.8 Å². The molecule has 4 heteroatoms. The topological polar surface area (TPSA) is 61.3 Å². The molecule has 0 aliphatic carbocycles. The summed E-state index contributed by atoms with van der Waals surface area (Å²) in [7, 11) is 0. The van der Waals surface area contributed by atoms with Crippen molar-refractivity contribution in [2.75, 3.05) is 6.61 Å². The first-order chi connectivity index (χ1) is 5.17. The van der Waals surface area contributed by atoms with E-state index < -0.39 is 5.85 Å². The van der Waals surface area contributed by atoms with Crippen molar-refractivity contribution in [3.63, 3.8) is 0 Å². The van der Waals surface area contributed by atoms with Crippen molar-refractivity contribution in [2.24, 2.45) is 11.5 Å². The fourth-order valence-corrected chi connectivity index (χ4v) is 1.52. The van der Waals surface area contributed by atoms with Crippen LogP contribution in [0.15, 0.2) is 16.8 Å². The number of hydrogen-bond donors (Lipinski definition) is 2. The molecule has 0 radical (unpaired) electrons. The average molecular weight is 172 g/mol. The molecule has 0 fully saturated rings. The highest BCUT2D eigenvalue weighted by molar-refractivity contribution is 7.08.